The molecule has 0 amide bonds. The standard InChI is InChI=1S/C24H31FN2O3Si/c1-16-21(30-22(14-15-28)23(16)31(2,3)25)13-10-17-8-11-18(12-9-17)27-24(29)19-6-4-5-7-20(19)26-27/h4-9,11-12,16,21-23,26,28H,10,13-15H2,1-3H3/t16-,21+,22-,23+/m0/s1. The van der Waals surface area contributed by atoms with E-state index in [1.807, 2.05) is 48.5 Å². The molecule has 3 aromatic rings. The Morgan fingerprint density at radius 2 is 1.81 bits per heavy atom. The summed E-state index contributed by atoms with van der Waals surface area (Å²) in [4.78, 5) is 12.6. The molecule has 0 saturated carbocycles. The number of nitrogens with one attached hydrogen (secondary N) is 1. The average Bonchev–Trinajstić information content (AvgIpc) is 3.24. The van der Waals surface area contributed by atoms with Crippen LogP contribution in [0.25, 0.3) is 16.6 Å². The lowest BCUT2D eigenvalue weighted by molar-refractivity contribution is 0.0193. The van der Waals surface area contributed by atoms with Crippen molar-refractivity contribution in [3.05, 3.63) is 64.4 Å². The summed E-state index contributed by atoms with van der Waals surface area (Å²) in [6, 6.07) is 15.4. The van der Waals surface area contributed by atoms with Crippen LogP contribution in [0.4, 0.5) is 4.11 Å². The number of nitrogens with zero attached hydrogens (tertiary/aromatic N) is 1. The van der Waals surface area contributed by atoms with Crippen molar-refractivity contribution >= 4 is 19.3 Å². The van der Waals surface area contributed by atoms with Crippen molar-refractivity contribution in [1.29, 1.82) is 0 Å². The molecule has 0 unspecified atom stereocenters. The topological polar surface area (TPSA) is 67.2 Å². The van der Waals surface area contributed by atoms with E-state index in [-0.39, 0.29) is 35.8 Å². The van der Waals surface area contributed by atoms with E-state index in [0.29, 0.717) is 11.8 Å². The highest BCUT2D eigenvalue weighted by Crippen LogP contribution is 2.46. The largest absolute Gasteiger partial charge is 0.396 e. The van der Waals surface area contributed by atoms with E-state index in [1.54, 1.807) is 17.8 Å². The number of fused-ring (bicyclic) bond motifs is 1. The molecule has 4 rings (SSSR count). The average molecular weight is 443 g/mol. The van der Waals surface area contributed by atoms with E-state index in [4.69, 9.17) is 4.74 Å². The third-order valence-corrected chi connectivity index (χ3v) is 9.10. The molecule has 0 spiro atoms. The van der Waals surface area contributed by atoms with Crippen LogP contribution in [0, 0.1) is 5.92 Å². The SMILES string of the molecule is C[C@@H]1[C@@H]([Si](C)(C)F)[C@H](CCO)O[C@@H]1CCc1ccc(-n2[nH]c3ccccc3c2=O)cc1. The molecule has 1 saturated heterocycles. The highest BCUT2D eigenvalue weighted by molar-refractivity contribution is 6.72. The number of hydrogen-bond donors (Lipinski definition) is 2. The summed E-state index contributed by atoms with van der Waals surface area (Å²) in [6.45, 7) is 5.61. The zero-order chi connectivity index (χ0) is 22.2. The van der Waals surface area contributed by atoms with Crippen LogP contribution >= 0.6 is 0 Å². The van der Waals surface area contributed by atoms with Crippen LogP contribution in [0.15, 0.2) is 53.3 Å². The third-order valence-electron chi connectivity index (χ3n) is 6.61. The molecule has 1 fully saturated rings. The van der Waals surface area contributed by atoms with Gasteiger partial charge >= 0.3 is 0 Å². The fourth-order valence-electron chi connectivity index (χ4n) is 5.14. The highest BCUT2D eigenvalue weighted by atomic mass is 28.4. The van der Waals surface area contributed by atoms with Gasteiger partial charge in [0.15, 0.2) is 0 Å². The van der Waals surface area contributed by atoms with Crippen molar-refractivity contribution in [3.63, 3.8) is 0 Å². The summed E-state index contributed by atoms with van der Waals surface area (Å²) >= 11 is 0. The van der Waals surface area contributed by atoms with Crippen molar-refractivity contribution in [2.75, 3.05) is 6.61 Å². The van der Waals surface area contributed by atoms with Crippen molar-refractivity contribution in [3.8, 4) is 5.69 Å². The number of para-hydroxylation sites is 1. The zero-order valence-corrected chi connectivity index (χ0v) is 19.3. The first-order valence-electron chi connectivity index (χ1n) is 11.0. The van der Waals surface area contributed by atoms with E-state index in [9.17, 15) is 14.0 Å². The predicted molar refractivity (Wildman–Crippen MR) is 124 cm³/mol. The number of rotatable bonds is 7. The van der Waals surface area contributed by atoms with Gasteiger partial charge in [0.25, 0.3) is 5.56 Å². The molecule has 2 heterocycles. The number of aliphatic hydroxyl groups excluding tert-OH is 1. The second-order valence-corrected chi connectivity index (χ2v) is 13.0. The van der Waals surface area contributed by atoms with E-state index in [1.165, 1.54) is 0 Å². The van der Waals surface area contributed by atoms with Crippen LogP contribution in [-0.4, -0.2) is 42.1 Å². The Balaban J connectivity index is 1.45. The van der Waals surface area contributed by atoms with Gasteiger partial charge < -0.3 is 14.0 Å². The van der Waals surface area contributed by atoms with Crippen molar-refractivity contribution in [2.24, 2.45) is 5.92 Å². The maximum atomic E-state index is 14.9. The molecule has 166 valence electrons. The Hall–Kier alpha value is -2.22. The van der Waals surface area contributed by atoms with Gasteiger partial charge in [0.2, 0.25) is 8.41 Å². The highest BCUT2D eigenvalue weighted by Gasteiger charge is 2.50. The number of aromatic amines is 1. The summed E-state index contributed by atoms with van der Waals surface area (Å²) in [5.74, 6) is 0.146. The monoisotopic (exact) mass is 442 g/mol. The molecule has 31 heavy (non-hydrogen) atoms. The molecule has 0 aliphatic carbocycles. The second kappa shape index (κ2) is 8.73. The summed E-state index contributed by atoms with van der Waals surface area (Å²) in [7, 11) is -2.87. The Bertz CT molecular complexity index is 1090. The van der Waals surface area contributed by atoms with Crippen molar-refractivity contribution in [1.82, 2.24) is 9.78 Å². The van der Waals surface area contributed by atoms with Gasteiger partial charge in [0.1, 0.15) is 0 Å². The Kier molecular flexibility index (Phi) is 6.19. The van der Waals surface area contributed by atoms with Crippen LogP contribution < -0.4 is 5.56 Å². The van der Waals surface area contributed by atoms with Gasteiger partial charge in [-0.2, -0.15) is 0 Å². The fraction of sp³-hybridized carbons (Fsp3) is 0.458. The maximum absolute atomic E-state index is 14.9. The minimum absolute atomic E-state index is 0.0000715. The first-order valence-corrected chi connectivity index (χ1v) is 14.0. The number of H-pyrrole nitrogens is 1. The minimum atomic E-state index is -2.87. The van der Waals surface area contributed by atoms with E-state index in [0.717, 1.165) is 29.6 Å². The summed E-state index contributed by atoms with van der Waals surface area (Å²) in [6.07, 6.45) is 1.95. The second-order valence-electron chi connectivity index (χ2n) is 9.18. The number of aromatic nitrogens is 2. The molecule has 5 nitrogen and oxygen atoms in total. The van der Waals surface area contributed by atoms with E-state index < -0.39 is 8.41 Å². The van der Waals surface area contributed by atoms with Gasteiger partial charge in [-0.3, -0.25) is 9.89 Å². The number of aryl methyl sites for hydroxylation is 1. The number of hydrogen-bond acceptors (Lipinski definition) is 3. The smallest absolute Gasteiger partial charge is 0.279 e. The van der Waals surface area contributed by atoms with Crippen LogP contribution in [-0.2, 0) is 11.2 Å². The number of aliphatic hydroxyl groups is 1. The molecular weight excluding hydrogens is 411 g/mol. The number of ether oxygens (including phenoxy) is 1. The van der Waals surface area contributed by atoms with Crippen molar-refractivity contribution < 1.29 is 14.0 Å². The normalized spacial score (nSPS) is 24.2. The molecule has 1 aliphatic rings. The summed E-state index contributed by atoms with van der Waals surface area (Å²) in [5, 5.41) is 13.2. The van der Waals surface area contributed by atoms with E-state index >= 15 is 0 Å². The Labute approximate surface area is 183 Å². The Morgan fingerprint density at radius 3 is 2.45 bits per heavy atom. The lowest BCUT2D eigenvalue weighted by Crippen LogP contribution is -2.36. The first-order chi connectivity index (χ1) is 14.8. The number of benzene rings is 2. The molecule has 2 N–H and O–H groups in total. The molecule has 7 heteroatoms. The Morgan fingerprint density at radius 1 is 1.10 bits per heavy atom. The fourth-order valence-corrected chi connectivity index (χ4v) is 7.73. The lowest BCUT2D eigenvalue weighted by Gasteiger charge is -2.28. The van der Waals surface area contributed by atoms with Gasteiger partial charge in [0, 0.05) is 12.1 Å². The zero-order valence-electron chi connectivity index (χ0n) is 18.3. The molecule has 0 bridgehead atoms. The minimum Gasteiger partial charge on any atom is -0.396 e. The van der Waals surface area contributed by atoms with Crippen LogP contribution in [0.1, 0.15) is 25.3 Å². The predicted octanol–water partition coefficient (Wildman–Crippen LogP) is 4.58. The summed E-state index contributed by atoms with van der Waals surface area (Å²) < 4.78 is 22.7. The molecule has 4 atom stereocenters. The third kappa shape index (κ3) is 4.40. The first kappa shape index (κ1) is 22.0. The van der Waals surface area contributed by atoms with Crippen molar-refractivity contribution in [2.45, 2.75) is 57.0 Å². The van der Waals surface area contributed by atoms with Crippen LogP contribution in [0.5, 0.6) is 0 Å². The molecule has 1 aliphatic heterocycles. The molecular formula is C24H31FN2O3Si. The van der Waals surface area contributed by atoms with Gasteiger partial charge in [-0.1, -0.05) is 31.2 Å². The number of halogens is 1. The van der Waals surface area contributed by atoms with Crippen LogP contribution in [0.3, 0.4) is 0 Å². The molecule has 2 aromatic carbocycles. The van der Waals surface area contributed by atoms with Gasteiger partial charge in [0.05, 0.1) is 28.8 Å². The summed E-state index contributed by atoms with van der Waals surface area (Å²) in [5.41, 5.74) is 2.62. The molecule has 1 aromatic heterocycles. The van der Waals surface area contributed by atoms with E-state index in [2.05, 4.69) is 12.0 Å². The quantitative estimate of drug-likeness (QED) is 0.416. The lowest BCUT2D eigenvalue weighted by atomic mass is 9.95. The van der Waals surface area contributed by atoms with Gasteiger partial charge in [-0.25, -0.2) is 4.68 Å². The van der Waals surface area contributed by atoms with Gasteiger partial charge in [-0.15, -0.1) is 0 Å². The van der Waals surface area contributed by atoms with Gasteiger partial charge in [-0.05, 0) is 68.1 Å². The molecule has 0 radical (unpaired) electrons. The maximum Gasteiger partial charge on any atom is 0.279 e. The van der Waals surface area contributed by atoms with Crippen LogP contribution in [0.2, 0.25) is 18.6 Å².